The predicted molar refractivity (Wildman–Crippen MR) is 80.1 cm³/mol. The molecule has 1 atom stereocenters. The molecule has 0 aliphatic carbocycles. The first-order valence-electron chi connectivity index (χ1n) is 6.93. The van der Waals surface area contributed by atoms with Crippen molar-refractivity contribution in [2.75, 3.05) is 11.5 Å². The van der Waals surface area contributed by atoms with E-state index in [1.165, 1.54) is 0 Å². The third kappa shape index (κ3) is 5.61. The largest absolute Gasteiger partial charge is 0.481 e. The van der Waals surface area contributed by atoms with Crippen molar-refractivity contribution in [1.29, 1.82) is 0 Å². The lowest BCUT2D eigenvalue weighted by atomic mass is 9.79. The van der Waals surface area contributed by atoms with Gasteiger partial charge in [-0.15, -0.1) is 0 Å². The van der Waals surface area contributed by atoms with Crippen LogP contribution in [0.15, 0.2) is 0 Å². The van der Waals surface area contributed by atoms with Crippen LogP contribution in [0, 0.1) is 5.92 Å². The lowest BCUT2D eigenvalue weighted by Gasteiger charge is -2.39. The Morgan fingerprint density at radius 3 is 2.25 bits per heavy atom. The summed E-state index contributed by atoms with van der Waals surface area (Å²) in [5, 5.41) is 11.9. The van der Waals surface area contributed by atoms with E-state index in [4.69, 9.17) is 9.84 Å². The molecule has 1 heterocycles. The Bertz CT molecular complexity index is 361. The maximum absolute atomic E-state index is 12.0. The lowest BCUT2D eigenvalue weighted by molar-refractivity contribution is -0.139. The number of thioether (sulfide) groups is 1. The van der Waals surface area contributed by atoms with E-state index in [1.807, 2.05) is 18.7 Å². The Kier molecular flexibility index (Phi) is 5.74. The van der Waals surface area contributed by atoms with Crippen molar-refractivity contribution in [3.63, 3.8) is 0 Å². The highest BCUT2D eigenvalue weighted by Gasteiger charge is 2.39. The number of alkyl carbamates (subject to hydrolysis) is 1. The quantitative estimate of drug-likeness (QED) is 0.835. The van der Waals surface area contributed by atoms with Crippen molar-refractivity contribution in [2.45, 2.75) is 58.1 Å². The molecule has 1 rings (SSSR count). The van der Waals surface area contributed by atoms with Gasteiger partial charge in [0, 0.05) is 0 Å². The molecular formula is C14H25NO4S. The molecule has 1 fully saturated rings. The highest BCUT2D eigenvalue weighted by molar-refractivity contribution is 7.99. The van der Waals surface area contributed by atoms with Gasteiger partial charge >= 0.3 is 12.1 Å². The van der Waals surface area contributed by atoms with Gasteiger partial charge in [0.1, 0.15) is 5.60 Å². The van der Waals surface area contributed by atoms with E-state index in [0.29, 0.717) is 0 Å². The van der Waals surface area contributed by atoms with Crippen LogP contribution in [0.1, 0.15) is 47.0 Å². The van der Waals surface area contributed by atoms with Crippen molar-refractivity contribution < 1.29 is 19.4 Å². The van der Waals surface area contributed by atoms with Gasteiger partial charge in [0.25, 0.3) is 0 Å². The van der Waals surface area contributed by atoms with Gasteiger partial charge in [0.05, 0.1) is 12.0 Å². The van der Waals surface area contributed by atoms with Gasteiger partial charge in [-0.1, -0.05) is 0 Å². The van der Waals surface area contributed by atoms with Crippen LogP contribution >= 0.6 is 11.8 Å². The third-order valence-corrected chi connectivity index (χ3v) is 4.48. The number of carboxylic acids is 1. The summed E-state index contributed by atoms with van der Waals surface area (Å²) in [5.74, 6) is 1.29. The average Bonchev–Trinajstić information content (AvgIpc) is 2.26. The summed E-state index contributed by atoms with van der Waals surface area (Å²) in [6.45, 7) is 7.18. The first-order chi connectivity index (χ1) is 9.12. The van der Waals surface area contributed by atoms with E-state index in [0.717, 1.165) is 24.3 Å². The molecule has 0 aromatic rings. The second kappa shape index (κ2) is 6.70. The van der Waals surface area contributed by atoms with E-state index in [-0.39, 0.29) is 12.3 Å². The minimum atomic E-state index is -0.901. The zero-order chi connectivity index (χ0) is 15.4. The minimum Gasteiger partial charge on any atom is -0.481 e. The highest BCUT2D eigenvalue weighted by atomic mass is 32.2. The van der Waals surface area contributed by atoms with Crippen LogP contribution in [0.2, 0.25) is 0 Å². The van der Waals surface area contributed by atoms with E-state index in [9.17, 15) is 9.59 Å². The van der Waals surface area contributed by atoms with Gasteiger partial charge in [-0.2, -0.15) is 11.8 Å². The molecule has 1 saturated heterocycles. The van der Waals surface area contributed by atoms with Crippen LogP contribution in [-0.4, -0.2) is 39.8 Å². The number of hydrogen-bond acceptors (Lipinski definition) is 4. The Balaban J connectivity index is 2.76. The number of amides is 1. The summed E-state index contributed by atoms with van der Waals surface area (Å²) in [5.41, 5.74) is -1.34. The highest BCUT2D eigenvalue weighted by Crippen LogP contribution is 2.34. The Labute approximate surface area is 124 Å². The van der Waals surface area contributed by atoms with Crippen molar-refractivity contribution in [3.05, 3.63) is 0 Å². The number of hydrogen-bond donors (Lipinski definition) is 2. The molecule has 0 aromatic heterocycles. The standard InChI is InChI=1S/C14H25NO4S/c1-13(2,3)19-12(18)15-14(4,9-11(16)17)10-5-7-20-8-6-10/h10H,5-9H2,1-4H3,(H,15,18)(H,16,17). The number of carbonyl (C=O) groups excluding carboxylic acids is 1. The number of carbonyl (C=O) groups is 2. The van der Waals surface area contributed by atoms with Gasteiger partial charge in [0.15, 0.2) is 0 Å². The number of carboxylic acid groups (broad SMARTS) is 1. The number of aliphatic carboxylic acids is 1. The topological polar surface area (TPSA) is 75.6 Å². The second-order valence-electron chi connectivity index (χ2n) is 6.50. The van der Waals surface area contributed by atoms with Crippen LogP contribution in [0.3, 0.4) is 0 Å². The SMILES string of the molecule is CC(C)(C)OC(=O)NC(C)(CC(=O)O)C1CCSCC1. The Morgan fingerprint density at radius 1 is 1.25 bits per heavy atom. The lowest BCUT2D eigenvalue weighted by Crippen LogP contribution is -2.54. The number of ether oxygens (including phenoxy) is 1. The van der Waals surface area contributed by atoms with E-state index < -0.39 is 23.2 Å². The molecule has 1 aliphatic heterocycles. The van der Waals surface area contributed by atoms with Crippen molar-refractivity contribution in [1.82, 2.24) is 5.32 Å². The summed E-state index contributed by atoms with van der Waals surface area (Å²) in [7, 11) is 0. The Hall–Kier alpha value is -0.910. The van der Waals surface area contributed by atoms with Crippen molar-refractivity contribution in [2.24, 2.45) is 5.92 Å². The van der Waals surface area contributed by atoms with Crippen LogP contribution in [-0.2, 0) is 9.53 Å². The first-order valence-corrected chi connectivity index (χ1v) is 8.08. The van der Waals surface area contributed by atoms with Crippen LogP contribution in [0.4, 0.5) is 4.79 Å². The summed E-state index contributed by atoms with van der Waals surface area (Å²) in [4.78, 5) is 23.1. The predicted octanol–water partition coefficient (Wildman–Crippen LogP) is 2.89. The fourth-order valence-corrected chi connectivity index (χ4v) is 3.58. The van der Waals surface area contributed by atoms with Gasteiger partial charge in [-0.05, 0) is 58.0 Å². The molecule has 0 spiro atoms. The summed E-state index contributed by atoms with van der Waals surface area (Å²) < 4.78 is 5.26. The molecule has 20 heavy (non-hydrogen) atoms. The number of rotatable bonds is 4. The Morgan fingerprint density at radius 2 is 1.80 bits per heavy atom. The molecule has 5 nitrogen and oxygen atoms in total. The van der Waals surface area contributed by atoms with E-state index in [1.54, 1.807) is 20.8 Å². The molecule has 0 aromatic carbocycles. The van der Waals surface area contributed by atoms with E-state index in [2.05, 4.69) is 5.32 Å². The fourth-order valence-electron chi connectivity index (χ4n) is 2.48. The molecule has 2 N–H and O–H groups in total. The average molecular weight is 303 g/mol. The molecule has 0 saturated carbocycles. The first kappa shape index (κ1) is 17.1. The normalized spacial score (nSPS) is 20.0. The molecule has 116 valence electrons. The minimum absolute atomic E-state index is 0.0818. The summed E-state index contributed by atoms with van der Waals surface area (Å²) >= 11 is 1.87. The maximum Gasteiger partial charge on any atom is 0.408 e. The van der Waals surface area contributed by atoms with Gasteiger partial charge in [0.2, 0.25) is 0 Å². The van der Waals surface area contributed by atoms with Gasteiger partial charge < -0.3 is 15.2 Å². The zero-order valence-electron chi connectivity index (χ0n) is 12.7. The summed E-state index contributed by atoms with van der Waals surface area (Å²) in [6, 6.07) is 0. The molecule has 1 unspecified atom stereocenters. The molecule has 6 heteroatoms. The molecule has 1 aliphatic rings. The maximum atomic E-state index is 12.0. The number of nitrogens with one attached hydrogen (secondary N) is 1. The fraction of sp³-hybridized carbons (Fsp3) is 0.857. The molecule has 0 bridgehead atoms. The van der Waals surface area contributed by atoms with Crippen molar-refractivity contribution >= 4 is 23.8 Å². The van der Waals surface area contributed by atoms with Crippen LogP contribution in [0.5, 0.6) is 0 Å². The second-order valence-corrected chi connectivity index (χ2v) is 7.73. The smallest absolute Gasteiger partial charge is 0.408 e. The zero-order valence-corrected chi connectivity index (χ0v) is 13.5. The van der Waals surface area contributed by atoms with Crippen molar-refractivity contribution in [3.8, 4) is 0 Å². The van der Waals surface area contributed by atoms with Gasteiger partial charge in [-0.25, -0.2) is 4.79 Å². The van der Waals surface area contributed by atoms with E-state index >= 15 is 0 Å². The van der Waals surface area contributed by atoms with Gasteiger partial charge in [-0.3, -0.25) is 4.79 Å². The monoisotopic (exact) mass is 303 g/mol. The third-order valence-electron chi connectivity index (χ3n) is 3.43. The molecule has 1 amide bonds. The summed E-state index contributed by atoms with van der Waals surface area (Å²) in [6.07, 6.45) is 1.22. The van der Waals surface area contributed by atoms with Crippen LogP contribution < -0.4 is 5.32 Å². The van der Waals surface area contributed by atoms with Crippen LogP contribution in [0.25, 0.3) is 0 Å². The molecular weight excluding hydrogens is 278 g/mol. The molecule has 0 radical (unpaired) electrons.